The molecule has 0 spiro atoms. The van der Waals surface area contributed by atoms with E-state index in [0.29, 0.717) is 26.9 Å². The quantitative estimate of drug-likeness (QED) is 0.597. The summed E-state index contributed by atoms with van der Waals surface area (Å²) in [6.45, 7) is 9.58. The fourth-order valence-corrected chi connectivity index (χ4v) is 3.31. The third kappa shape index (κ3) is 6.08. The molecule has 0 aliphatic heterocycles. The van der Waals surface area contributed by atoms with Crippen molar-refractivity contribution < 1.29 is 4.74 Å². The molecule has 138 valence electrons. The minimum Gasteiger partial charge on any atom is -0.489 e. The summed E-state index contributed by atoms with van der Waals surface area (Å²) < 4.78 is 7.83. The van der Waals surface area contributed by atoms with Gasteiger partial charge < -0.3 is 4.74 Å². The average molecular weight is 402 g/mol. The first-order chi connectivity index (χ1) is 11.7. The van der Waals surface area contributed by atoms with Gasteiger partial charge in [0.25, 0.3) is 0 Å². The Bertz CT molecular complexity index is 700. The van der Waals surface area contributed by atoms with E-state index in [2.05, 4.69) is 50.4 Å². The van der Waals surface area contributed by atoms with Crippen LogP contribution < -0.4 is 4.74 Å². The van der Waals surface area contributed by atoms with Gasteiger partial charge in [0.2, 0.25) is 0 Å². The lowest BCUT2D eigenvalue weighted by molar-refractivity contribution is 0.146. The van der Waals surface area contributed by atoms with Crippen molar-refractivity contribution >= 4 is 35.8 Å². The van der Waals surface area contributed by atoms with Crippen molar-refractivity contribution in [2.45, 2.75) is 58.3 Å². The van der Waals surface area contributed by atoms with Crippen LogP contribution in [0.2, 0.25) is 10.0 Å². The van der Waals surface area contributed by atoms with Gasteiger partial charge in [0, 0.05) is 11.6 Å². The molecular weight excluding hydrogens is 377 g/mol. The van der Waals surface area contributed by atoms with Crippen LogP contribution in [-0.4, -0.2) is 20.9 Å². The van der Waals surface area contributed by atoms with Gasteiger partial charge in [-0.25, -0.2) is 9.67 Å². The van der Waals surface area contributed by atoms with Crippen LogP contribution >= 0.6 is 35.8 Å². The van der Waals surface area contributed by atoms with E-state index in [4.69, 9.17) is 27.9 Å². The molecule has 1 aromatic heterocycles. The number of ether oxygens (including phenoxy) is 1. The lowest BCUT2D eigenvalue weighted by Gasteiger charge is -2.31. The van der Waals surface area contributed by atoms with Gasteiger partial charge in [0.15, 0.2) is 5.16 Å². The van der Waals surface area contributed by atoms with Crippen LogP contribution in [0.3, 0.4) is 0 Å². The Morgan fingerprint density at radius 3 is 2.52 bits per heavy atom. The zero-order valence-corrected chi connectivity index (χ0v) is 17.4. The minimum atomic E-state index is 0.0507. The molecule has 0 saturated heterocycles. The van der Waals surface area contributed by atoms with E-state index < -0.39 is 0 Å². The summed E-state index contributed by atoms with van der Waals surface area (Å²) in [5.74, 6) is 1.09. The monoisotopic (exact) mass is 401 g/mol. The SMILES string of the molecule is CC(CCC(Cn1ncnc1S)C(C)(C)C)Oc1ccc(Cl)cc1Cl. The molecule has 1 heterocycles. The van der Waals surface area contributed by atoms with Gasteiger partial charge in [0.05, 0.1) is 11.1 Å². The molecule has 0 aliphatic rings. The largest absolute Gasteiger partial charge is 0.489 e. The fraction of sp³-hybridized carbons (Fsp3) is 0.556. The van der Waals surface area contributed by atoms with Crippen LogP contribution in [0.15, 0.2) is 29.7 Å². The Morgan fingerprint density at radius 1 is 1.24 bits per heavy atom. The van der Waals surface area contributed by atoms with Gasteiger partial charge in [-0.15, -0.1) is 12.6 Å². The maximum atomic E-state index is 6.18. The van der Waals surface area contributed by atoms with Crippen molar-refractivity contribution in [1.82, 2.24) is 14.8 Å². The zero-order valence-electron chi connectivity index (χ0n) is 15.0. The van der Waals surface area contributed by atoms with E-state index in [0.717, 1.165) is 19.4 Å². The molecule has 7 heteroatoms. The van der Waals surface area contributed by atoms with Gasteiger partial charge in [-0.05, 0) is 49.3 Å². The Kier molecular flexibility index (Phi) is 7.06. The second-order valence-corrected chi connectivity index (χ2v) is 8.63. The third-order valence-electron chi connectivity index (χ3n) is 4.36. The number of thiol groups is 1. The molecule has 2 rings (SSSR count). The summed E-state index contributed by atoms with van der Waals surface area (Å²) in [5.41, 5.74) is 0.143. The van der Waals surface area contributed by atoms with E-state index in [1.165, 1.54) is 6.33 Å². The highest BCUT2D eigenvalue weighted by atomic mass is 35.5. The van der Waals surface area contributed by atoms with Crippen LogP contribution in [0.25, 0.3) is 0 Å². The Hall–Kier alpha value is -0.910. The van der Waals surface area contributed by atoms with Crippen molar-refractivity contribution in [2.75, 3.05) is 0 Å². The summed E-state index contributed by atoms with van der Waals surface area (Å²) in [7, 11) is 0. The van der Waals surface area contributed by atoms with Crippen molar-refractivity contribution in [3.63, 3.8) is 0 Å². The van der Waals surface area contributed by atoms with Crippen molar-refractivity contribution in [1.29, 1.82) is 0 Å². The third-order valence-corrected chi connectivity index (χ3v) is 5.23. The van der Waals surface area contributed by atoms with E-state index in [1.807, 2.05) is 10.7 Å². The van der Waals surface area contributed by atoms with E-state index in [1.54, 1.807) is 12.1 Å². The summed E-state index contributed by atoms with van der Waals surface area (Å²) in [4.78, 5) is 4.09. The van der Waals surface area contributed by atoms with Crippen LogP contribution in [0.1, 0.15) is 40.5 Å². The van der Waals surface area contributed by atoms with Gasteiger partial charge in [-0.3, -0.25) is 0 Å². The predicted octanol–water partition coefficient (Wildman–Crippen LogP) is 5.78. The number of benzene rings is 1. The number of hydrogen-bond acceptors (Lipinski definition) is 4. The molecular formula is C18H25Cl2N3OS. The second kappa shape index (κ2) is 8.65. The van der Waals surface area contributed by atoms with Crippen LogP contribution in [0, 0.1) is 11.3 Å². The van der Waals surface area contributed by atoms with E-state index in [9.17, 15) is 0 Å². The van der Waals surface area contributed by atoms with E-state index >= 15 is 0 Å². The molecule has 2 atom stereocenters. The molecule has 0 aliphatic carbocycles. The fourth-order valence-electron chi connectivity index (χ4n) is 2.68. The summed E-state index contributed by atoms with van der Waals surface area (Å²) in [5, 5.41) is 6.04. The molecule has 1 aromatic carbocycles. The number of nitrogens with zero attached hydrogens (tertiary/aromatic N) is 3. The molecule has 2 unspecified atom stereocenters. The topological polar surface area (TPSA) is 39.9 Å². The Balaban J connectivity index is 1.96. The smallest absolute Gasteiger partial charge is 0.182 e. The predicted molar refractivity (Wildman–Crippen MR) is 106 cm³/mol. The van der Waals surface area contributed by atoms with Crippen molar-refractivity contribution in [2.24, 2.45) is 11.3 Å². The Morgan fingerprint density at radius 2 is 1.96 bits per heavy atom. The minimum absolute atomic E-state index is 0.0507. The molecule has 0 radical (unpaired) electrons. The maximum absolute atomic E-state index is 6.18. The standard InChI is InChI=1S/C18H25Cl2N3OS/c1-12(24-16-8-7-14(19)9-15(16)20)5-6-13(18(2,3)4)10-23-17(25)21-11-22-23/h7-9,11-13H,5-6,10H2,1-4H3,(H,21,22,25). The number of halogens is 2. The first kappa shape index (κ1) is 20.4. The highest BCUT2D eigenvalue weighted by Gasteiger charge is 2.26. The molecule has 0 amide bonds. The first-order valence-electron chi connectivity index (χ1n) is 8.35. The number of rotatable bonds is 7. The summed E-state index contributed by atoms with van der Waals surface area (Å²) in [6.07, 6.45) is 3.51. The van der Waals surface area contributed by atoms with Crippen LogP contribution in [0.4, 0.5) is 0 Å². The van der Waals surface area contributed by atoms with Gasteiger partial charge in [-0.1, -0.05) is 44.0 Å². The molecule has 0 saturated carbocycles. The normalized spacial score (nSPS) is 14.4. The van der Waals surface area contributed by atoms with Crippen molar-refractivity contribution in [3.8, 4) is 5.75 Å². The first-order valence-corrected chi connectivity index (χ1v) is 9.55. The van der Waals surface area contributed by atoms with Crippen LogP contribution in [-0.2, 0) is 6.54 Å². The Labute approximate surface area is 165 Å². The molecule has 0 N–H and O–H groups in total. The number of hydrogen-bond donors (Lipinski definition) is 1. The molecule has 2 aromatic rings. The highest BCUT2D eigenvalue weighted by molar-refractivity contribution is 7.80. The maximum Gasteiger partial charge on any atom is 0.182 e. The average Bonchev–Trinajstić information content (AvgIpc) is 2.90. The summed E-state index contributed by atoms with van der Waals surface area (Å²) >= 11 is 16.5. The lowest BCUT2D eigenvalue weighted by Crippen LogP contribution is -2.27. The van der Waals surface area contributed by atoms with Gasteiger partial charge in [-0.2, -0.15) is 5.10 Å². The molecule has 0 bridgehead atoms. The summed E-state index contributed by atoms with van der Waals surface area (Å²) in [6, 6.07) is 5.29. The molecule has 25 heavy (non-hydrogen) atoms. The van der Waals surface area contributed by atoms with Crippen molar-refractivity contribution in [3.05, 3.63) is 34.6 Å². The van der Waals surface area contributed by atoms with Gasteiger partial charge >= 0.3 is 0 Å². The zero-order chi connectivity index (χ0) is 18.6. The molecule has 4 nitrogen and oxygen atoms in total. The van der Waals surface area contributed by atoms with Crippen LogP contribution in [0.5, 0.6) is 5.75 Å². The second-order valence-electron chi connectivity index (χ2n) is 7.39. The molecule has 0 fully saturated rings. The number of aromatic nitrogens is 3. The highest BCUT2D eigenvalue weighted by Crippen LogP contribution is 2.33. The lowest BCUT2D eigenvalue weighted by atomic mass is 9.77. The van der Waals surface area contributed by atoms with E-state index in [-0.39, 0.29) is 11.5 Å². The van der Waals surface area contributed by atoms with Gasteiger partial charge in [0.1, 0.15) is 12.1 Å².